The second-order valence-corrected chi connectivity index (χ2v) is 8.58. The van der Waals surface area contributed by atoms with E-state index in [1.54, 1.807) is 19.5 Å². The lowest BCUT2D eigenvalue weighted by Crippen LogP contribution is -2.50. The van der Waals surface area contributed by atoms with Crippen LogP contribution >= 0.6 is 0 Å². The van der Waals surface area contributed by atoms with Crippen LogP contribution in [0.25, 0.3) is 11.3 Å². The molecule has 1 unspecified atom stereocenters. The van der Waals surface area contributed by atoms with Gasteiger partial charge in [0.1, 0.15) is 5.75 Å². The van der Waals surface area contributed by atoms with E-state index < -0.39 is 5.79 Å². The lowest BCUT2D eigenvalue weighted by atomic mass is 10.1. The van der Waals surface area contributed by atoms with Crippen molar-refractivity contribution in [3.05, 3.63) is 59.9 Å². The van der Waals surface area contributed by atoms with E-state index in [1.807, 2.05) is 41.9 Å². The summed E-state index contributed by atoms with van der Waals surface area (Å²) in [4.78, 5) is 13.7. The van der Waals surface area contributed by atoms with Crippen LogP contribution in [0.15, 0.2) is 53.7 Å². The van der Waals surface area contributed by atoms with Crippen molar-refractivity contribution >= 4 is 11.9 Å². The minimum Gasteiger partial charge on any atom is -0.493 e. The summed E-state index contributed by atoms with van der Waals surface area (Å²) in [6.07, 6.45) is 3.49. The quantitative estimate of drug-likeness (QED) is 0.582. The number of anilines is 1. The van der Waals surface area contributed by atoms with Gasteiger partial charge >= 0.3 is 0 Å². The van der Waals surface area contributed by atoms with E-state index in [0.717, 1.165) is 60.1 Å². The Morgan fingerprint density at radius 3 is 2.71 bits per heavy atom. The molecule has 2 aliphatic rings. The first-order valence-corrected chi connectivity index (χ1v) is 11.6. The van der Waals surface area contributed by atoms with Crippen LogP contribution in [0.5, 0.6) is 11.6 Å². The number of piperazine rings is 1. The van der Waals surface area contributed by atoms with Gasteiger partial charge in [-0.1, -0.05) is 0 Å². The molecular formula is C25H31N7O2. The molecule has 0 bridgehead atoms. The Hall–Kier alpha value is -3.56. The summed E-state index contributed by atoms with van der Waals surface area (Å²) < 4.78 is 13.5. The van der Waals surface area contributed by atoms with E-state index in [-0.39, 0.29) is 0 Å². The van der Waals surface area contributed by atoms with Crippen molar-refractivity contribution in [2.45, 2.75) is 12.7 Å². The molecule has 1 fully saturated rings. The van der Waals surface area contributed by atoms with Crippen molar-refractivity contribution in [3.63, 3.8) is 0 Å². The molecule has 3 aromatic rings. The molecule has 0 spiro atoms. The van der Waals surface area contributed by atoms with E-state index in [1.165, 1.54) is 0 Å². The second-order valence-electron chi connectivity index (χ2n) is 8.58. The third-order valence-electron chi connectivity index (χ3n) is 6.38. The number of hydrogen-bond acceptors (Lipinski definition) is 8. The maximum absolute atomic E-state index is 6.87. The number of hydrogen-bond donors (Lipinski definition) is 2. The third-order valence-corrected chi connectivity index (χ3v) is 6.38. The van der Waals surface area contributed by atoms with Gasteiger partial charge in [-0.25, -0.2) is 9.98 Å². The Morgan fingerprint density at radius 2 is 1.94 bits per heavy atom. The summed E-state index contributed by atoms with van der Waals surface area (Å²) in [7, 11) is 3.77. The van der Waals surface area contributed by atoms with Crippen molar-refractivity contribution < 1.29 is 9.47 Å². The predicted molar refractivity (Wildman–Crippen MR) is 134 cm³/mol. The number of nitrogens with one attached hydrogen (secondary N) is 1. The molecule has 1 saturated heterocycles. The highest BCUT2D eigenvalue weighted by Gasteiger charge is 2.34. The molecule has 0 amide bonds. The van der Waals surface area contributed by atoms with E-state index in [2.05, 4.69) is 39.4 Å². The average Bonchev–Trinajstić information content (AvgIpc) is 3.27. The molecule has 0 radical (unpaired) electrons. The standard InChI is InChI=1S/C25H31N7O2/c1-4-34-23-16-18(31-14-12-30(2)13-15-31)7-9-21(23)25(26)28-17-19-8-10-22(32(19)29-25)20-6-5-11-27-24(20)33-3/h5-11,16-17,29H,4,12-15,26H2,1-3H3. The zero-order valence-electron chi connectivity index (χ0n) is 19.9. The Kier molecular flexibility index (Phi) is 5.89. The number of nitrogens with two attached hydrogens (primary N) is 1. The van der Waals surface area contributed by atoms with E-state index in [9.17, 15) is 0 Å². The fourth-order valence-corrected chi connectivity index (χ4v) is 4.50. The first kappa shape index (κ1) is 22.2. The largest absolute Gasteiger partial charge is 0.493 e. The normalized spacial score (nSPS) is 20.1. The van der Waals surface area contributed by atoms with Crippen molar-refractivity contribution in [2.75, 3.05) is 57.3 Å². The molecule has 0 saturated carbocycles. The molecular weight excluding hydrogens is 430 g/mol. The van der Waals surface area contributed by atoms with Crippen LogP contribution < -0.4 is 25.5 Å². The van der Waals surface area contributed by atoms with Crippen molar-refractivity contribution in [1.29, 1.82) is 0 Å². The minimum atomic E-state index is -1.21. The third kappa shape index (κ3) is 3.97. The minimum absolute atomic E-state index is 0.534. The van der Waals surface area contributed by atoms with Gasteiger partial charge in [0.2, 0.25) is 11.7 Å². The van der Waals surface area contributed by atoms with Gasteiger partial charge in [-0.2, -0.15) is 0 Å². The van der Waals surface area contributed by atoms with Gasteiger partial charge < -0.3 is 19.3 Å². The molecule has 9 nitrogen and oxygen atoms in total. The van der Waals surface area contributed by atoms with Gasteiger partial charge in [-0.15, -0.1) is 0 Å². The summed E-state index contributed by atoms with van der Waals surface area (Å²) in [6.45, 7) is 6.55. The Balaban J connectivity index is 1.50. The molecule has 34 heavy (non-hydrogen) atoms. The number of likely N-dealkylation sites (N-methyl/N-ethyl adjacent to an activating group) is 1. The first-order chi connectivity index (χ1) is 16.5. The van der Waals surface area contributed by atoms with Crippen LogP contribution in [-0.2, 0) is 5.79 Å². The van der Waals surface area contributed by atoms with Crippen LogP contribution in [0, 0.1) is 0 Å². The molecule has 9 heteroatoms. The molecule has 1 aromatic carbocycles. The lowest BCUT2D eigenvalue weighted by molar-refractivity contribution is 0.311. The van der Waals surface area contributed by atoms with Crippen molar-refractivity contribution in [2.24, 2.45) is 10.7 Å². The highest BCUT2D eigenvalue weighted by Crippen LogP contribution is 2.36. The molecule has 1 atom stereocenters. The molecule has 3 N–H and O–H groups in total. The fraction of sp³-hybridized carbons (Fsp3) is 0.360. The average molecular weight is 462 g/mol. The second kappa shape index (κ2) is 9.00. The lowest BCUT2D eigenvalue weighted by Gasteiger charge is -2.36. The summed E-state index contributed by atoms with van der Waals surface area (Å²) in [5.41, 5.74) is 14.8. The molecule has 178 valence electrons. The molecule has 0 aliphatic carbocycles. The summed E-state index contributed by atoms with van der Waals surface area (Å²) in [6, 6.07) is 14.0. The van der Waals surface area contributed by atoms with Gasteiger partial charge in [0.05, 0.1) is 42.4 Å². The van der Waals surface area contributed by atoms with E-state index >= 15 is 0 Å². The number of ether oxygens (including phenoxy) is 2. The van der Waals surface area contributed by atoms with Crippen LogP contribution in [-0.4, -0.2) is 67.7 Å². The maximum atomic E-state index is 6.87. The molecule has 2 aliphatic heterocycles. The number of nitrogens with zero attached hydrogens (tertiary/aromatic N) is 5. The highest BCUT2D eigenvalue weighted by atomic mass is 16.5. The zero-order chi connectivity index (χ0) is 23.7. The number of rotatable bonds is 6. The van der Waals surface area contributed by atoms with Crippen LogP contribution in [0.3, 0.4) is 0 Å². The highest BCUT2D eigenvalue weighted by molar-refractivity contribution is 5.83. The van der Waals surface area contributed by atoms with Crippen molar-refractivity contribution in [1.82, 2.24) is 14.6 Å². The maximum Gasteiger partial charge on any atom is 0.226 e. The van der Waals surface area contributed by atoms with Crippen LogP contribution in [0.1, 0.15) is 18.2 Å². The Morgan fingerprint density at radius 1 is 1.12 bits per heavy atom. The van der Waals surface area contributed by atoms with Crippen LogP contribution in [0.2, 0.25) is 0 Å². The Bertz CT molecular complexity index is 1200. The van der Waals surface area contributed by atoms with Gasteiger partial charge in [0, 0.05) is 44.1 Å². The van der Waals surface area contributed by atoms with E-state index in [4.69, 9.17) is 20.2 Å². The van der Waals surface area contributed by atoms with Gasteiger partial charge in [-0.3, -0.25) is 15.8 Å². The SMILES string of the molecule is CCOc1cc(N2CCN(C)CC2)ccc1C1(N)N=Cc2ccc(-c3cccnc3OC)n2N1. The molecule has 2 aromatic heterocycles. The topological polar surface area (TPSA) is 93.2 Å². The number of aliphatic imine (C=N–C) groups is 1. The number of pyridine rings is 1. The summed E-state index contributed by atoms with van der Waals surface area (Å²) in [5.74, 6) is 0.0607. The molecule has 4 heterocycles. The summed E-state index contributed by atoms with van der Waals surface area (Å²) in [5, 5.41) is 0. The van der Waals surface area contributed by atoms with Gasteiger partial charge in [0.25, 0.3) is 0 Å². The fourth-order valence-electron chi connectivity index (χ4n) is 4.50. The smallest absolute Gasteiger partial charge is 0.226 e. The summed E-state index contributed by atoms with van der Waals surface area (Å²) >= 11 is 0. The van der Waals surface area contributed by atoms with E-state index in [0.29, 0.717) is 12.5 Å². The number of fused-ring (bicyclic) bond motifs is 1. The van der Waals surface area contributed by atoms with Gasteiger partial charge in [0.15, 0.2) is 0 Å². The zero-order valence-corrected chi connectivity index (χ0v) is 19.9. The number of aromatic nitrogens is 2. The molecule has 5 rings (SSSR count). The first-order valence-electron chi connectivity index (χ1n) is 11.6. The van der Waals surface area contributed by atoms with Crippen LogP contribution in [0.4, 0.5) is 5.69 Å². The number of benzene rings is 1. The van der Waals surface area contributed by atoms with Gasteiger partial charge in [-0.05, 0) is 50.4 Å². The predicted octanol–water partition coefficient (Wildman–Crippen LogP) is 2.45. The Labute approximate surface area is 199 Å². The number of methoxy groups -OCH3 is 1. The van der Waals surface area contributed by atoms with Crippen molar-refractivity contribution in [3.8, 4) is 22.9 Å². The monoisotopic (exact) mass is 461 g/mol.